The van der Waals surface area contributed by atoms with Gasteiger partial charge in [-0.15, -0.1) is 0 Å². The Morgan fingerprint density at radius 2 is 1.67 bits per heavy atom. The molecule has 0 spiro atoms. The van der Waals surface area contributed by atoms with Gasteiger partial charge in [-0.25, -0.2) is 0 Å². The first-order valence-corrected chi connectivity index (χ1v) is 7.28. The van der Waals surface area contributed by atoms with E-state index in [1.807, 2.05) is 13.0 Å². The summed E-state index contributed by atoms with van der Waals surface area (Å²) in [6.07, 6.45) is 0. The molecule has 0 saturated carbocycles. The van der Waals surface area contributed by atoms with Crippen LogP contribution in [0, 0.1) is 6.92 Å². The highest BCUT2D eigenvalue weighted by Crippen LogP contribution is 2.34. The van der Waals surface area contributed by atoms with Crippen LogP contribution in [0.4, 0.5) is 13.2 Å². The third-order valence-electron chi connectivity index (χ3n) is 2.70. The number of hydrogen-bond donors (Lipinski definition) is 0. The van der Waals surface area contributed by atoms with Gasteiger partial charge in [0.2, 0.25) is 0 Å². The van der Waals surface area contributed by atoms with Crippen molar-refractivity contribution in [3.63, 3.8) is 0 Å². The maximum absolute atomic E-state index is 12.4. The largest absolute Gasteiger partial charge is 0.534 e. The number of benzene rings is 2. The number of para-hydroxylation sites is 1. The summed E-state index contributed by atoms with van der Waals surface area (Å²) in [5.74, 6) is -0.361. The van der Waals surface area contributed by atoms with Gasteiger partial charge in [0.1, 0.15) is 0 Å². The Hall–Kier alpha value is -2.02. The minimum absolute atomic E-state index is 0.272. The zero-order chi connectivity index (χ0) is 15.7. The molecule has 0 aromatic heterocycles. The average molecular weight is 316 g/mol. The molecule has 0 aliphatic carbocycles. The van der Waals surface area contributed by atoms with Crippen LogP contribution in [0.1, 0.15) is 5.56 Å². The second kappa shape index (κ2) is 5.40. The highest BCUT2D eigenvalue weighted by atomic mass is 32.2. The third kappa shape index (κ3) is 3.36. The van der Waals surface area contributed by atoms with Crippen LogP contribution >= 0.6 is 0 Å². The fourth-order valence-corrected chi connectivity index (χ4v) is 2.23. The first-order chi connectivity index (χ1) is 9.71. The molecule has 2 rings (SSSR count). The third-order valence-corrected chi connectivity index (χ3v) is 3.67. The second-order valence-corrected chi connectivity index (χ2v) is 5.89. The van der Waals surface area contributed by atoms with Crippen molar-refractivity contribution >= 4 is 10.1 Å². The van der Waals surface area contributed by atoms with E-state index in [2.05, 4.69) is 4.18 Å². The van der Waals surface area contributed by atoms with E-state index in [4.69, 9.17) is 0 Å². The minimum Gasteiger partial charge on any atom is -0.375 e. The molecule has 0 atom stereocenters. The zero-order valence-corrected chi connectivity index (χ0v) is 11.7. The van der Waals surface area contributed by atoms with Gasteiger partial charge in [-0.1, -0.05) is 48.0 Å². The van der Waals surface area contributed by atoms with Crippen LogP contribution in [0.25, 0.3) is 11.1 Å². The number of alkyl halides is 3. The molecule has 7 heteroatoms. The molecule has 0 N–H and O–H groups in total. The quantitative estimate of drug-likeness (QED) is 0.637. The van der Waals surface area contributed by atoms with Crippen molar-refractivity contribution in [1.82, 2.24) is 0 Å². The molecule has 21 heavy (non-hydrogen) atoms. The highest BCUT2D eigenvalue weighted by Gasteiger charge is 2.48. The summed E-state index contributed by atoms with van der Waals surface area (Å²) in [5, 5.41) is 0. The Morgan fingerprint density at radius 1 is 1.00 bits per heavy atom. The molecule has 3 nitrogen and oxygen atoms in total. The van der Waals surface area contributed by atoms with E-state index in [-0.39, 0.29) is 11.3 Å². The first kappa shape index (κ1) is 15.4. The summed E-state index contributed by atoms with van der Waals surface area (Å²) in [6.45, 7) is 1.82. The summed E-state index contributed by atoms with van der Waals surface area (Å²) < 4.78 is 63.7. The lowest BCUT2D eigenvalue weighted by Gasteiger charge is -2.13. The molecule has 0 unspecified atom stereocenters. The van der Waals surface area contributed by atoms with E-state index in [9.17, 15) is 21.6 Å². The predicted octanol–water partition coefficient (Wildman–Crippen LogP) is 3.89. The molecular formula is C14H11F3O3S. The van der Waals surface area contributed by atoms with E-state index < -0.39 is 15.6 Å². The summed E-state index contributed by atoms with van der Waals surface area (Å²) in [7, 11) is -5.69. The van der Waals surface area contributed by atoms with E-state index in [0.29, 0.717) is 5.56 Å². The summed E-state index contributed by atoms with van der Waals surface area (Å²) in [6, 6.07) is 12.6. The summed E-state index contributed by atoms with van der Waals surface area (Å²) in [4.78, 5) is 0. The van der Waals surface area contributed by atoms with Gasteiger partial charge < -0.3 is 4.18 Å². The van der Waals surface area contributed by atoms with Gasteiger partial charge in [0.05, 0.1) is 0 Å². The van der Waals surface area contributed by atoms with Crippen LogP contribution in [0.5, 0.6) is 5.75 Å². The van der Waals surface area contributed by atoms with Crippen molar-refractivity contribution in [2.45, 2.75) is 12.4 Å². The van der Waals surface area contributed by atoms with Gasteiger partial charge in [0.25, 0.3) is 0 Å². The molecule has 0 fully saturated rings. The Morgan fingerprint density at radius 3 is 2.29 bits per heavy atom. The van der Waals surface area contributed by atoms with Crippen molar-refractivity contribution in [1.29, 1.82) is 0 Å². The lowest BCUT2D eigenvalue weighted by molar-refractivity contribution is -0.0499. The van der Waals surface area contributed by atoms with E-state index >= 15 is 0 Å². The zero-order valence-electron chi connectivity index (χ0n) is 10.9. The molecular weight excluding hydrogens is 305 g/mol. The Kier molecular flexibility index (Phi) is 3.95. The lowest BCUT2D eigenvalue weighted by atomic mass is 10.0. The van der Waals surface area contributed by atoms with Gasteiger partial charge in [-0.05, 0) is 18.6 Å². The molecule has 0 aliphatic heterocycles. The van der Waals surface area contributed by atoms with Gasteiger partial charge >= 0.3 is 15.6 Å². The fraction of sp³-hybridized carbons (Fsp3) is 0.143. The van der Waals surface area contributed by atoms with Crippen LogP contribution in [0.15, 0.2) is 48.5 Å². The van der Waals surface area contributed by atoms with Gasteiger partial charge in [0, 0.05) is 5.56 Å². The van der Waals surface area contributed by atoms with Crippen molar-refractivity contribution in [2.24, 2.45) is 0 Å². The Labute approximate surface area is 120 Å². The summed E-state index contributed by atoms with van der Waals surface area (Å²) >= 11 is 0. The first-order valence-electron chi connectivity index (χ1n) is 5.87. The van der Waals surface area contributed by atoms with Crippen molar-refractivity contribution in [3.05, 3.63) is 54.1 Å². The monoisotopic (exact) mass is 316 g/mol. The number of halogens is 3. The molecule has 2 aromatic carbocycles. The minimum atomic E-state index is -5.69. The molecule has 112 valence electrons. The van der Waals surface area contributed by atoms with Crippen LogP contribution in [0.3, 0.4) is 0 Å². The average Bonchev–Trinajstić information content (AvgIpc) is 2.37. The fourth-order valence-electron chi connectivity index (χ4n) is 1.76. The van der Waals surface area contributed by atoms with E-state index in [0.717, 1.165) is 5.56 Å². The molecule has 0 aliphatic rings. The molecule has 0 saturated heterocycles. The lowest BCUT2D eigenvalue weighted by Crippen LogP contribution is -2.28. The van der Waals surface area contributed by atoms with Crippen LogP contribution in [-0.2, 0) is 10.1 Å². The van der Waals surface area contributed by atoms with Crippen molar-refractivity contribution < 1.29 is 25.8 Å². The van der Waals surface area contributed by atoms with Crippen molar-refractivity contribution in [2.75, 3.05) is 0 Å². The predicted molar refractivity (Wildman–Crippen MR) is 72.2 cm³/mol. The Bertz CT molecular complexity index is 752. The van der Waals surface area contributed by atoms with Crippen LogP contribution < -0.4 is 4.18 Å². The van der Waals surface area contributed by atoms with E-state index in [1.165, 1.54) is 18.2 Å². The number of aryl methyl sites for hydroxylation is 1. The van der Waals surface area contributed by atoms with Crippen molar-refractivity contribution in [3.8, 4) is 16.9 Å². The maximum Gasteiger partial charge on any atom is 0.534 e. The molecule has 2 aromatic rings. The Balaban J connectivity index is 2.48. The maximum atomic E-state index is 12.4. The molecule has 0 amide bonds. The van der Waals surface area contributed by atoms with Gasteiger partial charge in [-0.2, -0.15) is 21.6 Å². The topological polar surface area (TPSA) is 43.4 Å². The second-order valence-electron chi connectivity index (χ2n) is 4.35. The summed E-state index contributed by atoms with van der Waals surface area (Å²) in [5.41, 5.74) is -3.73. The number of hydrogen-bond acceptors (Lipinski definition) is 3. The normalized spacial score (nSPS) is 12.2. The standard InChI is InChI=1S/C14H11F3O3S/c1-10-5-4-6-11(9-10)12-7-2-3-8-13(12)20-21(18,19)14(15,16)17/h2-9H,1H3. The molecule has 0 bridgehead atoms. The van der Waals surface area contributed by atoms with E-state index in [1.54, 1.807) is 24.3 Å². The smallest absolute Gasteiger partial charge is 0.375 e. The van der Waals surface area contributed by atoms with Crippen LogP contribution in [0.2, 0.25) is 0 Å². The molecule has 0 heterocycles. The van der Waals surface area contributed by atoms with Gasteiger partial charge in [0.15, 0.2) is 5.75 Å². The molecule has 0 radical (unpaired) electrons. The SMILES string of the molecule is Cc1cccc(-c2ccccc2OS(=O)(=O)C(F)(F)F)c1. The van der Waals surface area contributed by atoms with Gasteiger partial charge in [-0.3, -0.25) is 0 Å². The number of rotatable bonds is 3. The highest BCUT2D eigenvalue weighted by molar-refractivity contribution is 7.88. The van der Waals surface area contributed by atoms with Crippen LogP contribution in [-0.4, -0.2) is 13.9 Å².